The summed E-state index contributed by atoms with van der Waals surface area (Å²) in [5, 5.41) is 0. The van der Waals surface area contributed by atoms with Crippen LogP contribution in [0.15, 0.2) is 24.3 Å². The van der Waals surface area contributed by atoms with E-state index in [1.807, 2.05) is 0 Å². The smallest absolute Gasteiger partial charge is 0.306 e. The molecule has 6 nitrogen and oxygen atoms in total. The van der Waals surface area contributed by atoms with Crippen molar-refractivity contribution < 1.29 is 28.6 Å². The average Bonchev–Trinajstić information content (AvgIpc) is 3.33. The molecule has 394 valence electrons. The van der Waals surface area contributed by atoms with E-state index in [1.165, 1.54) is 212 Å². The van der Waals surface area contributed by atoms with Gasteiger partial charge in [0.15, 0.2) is 6.10 Å². The van der Waals surface area contributed by atoms with Crippen LogP contribution >= 0.6 is 0 Å². The molecular weight excluding hydrogens is 829 g/mol. The van der Waals surface area contributed by atoms with Crippen LogP contribution in [-0.4, -0.2) is 37.2 Å². The monoisotopic (exact) mass is 943 g/mol. The van der Waals surface area contributed by atoms with Crippen molar-refractivity contribution in [3.05, 3.63) is 24.3 Å². The Kier molecular flexibility index (Phi) is 54.7. The predicted molar refractivity (Wildman–Crippen MR) is 289 cm³/mol. The number of hydrogen-bond donors (Lipinski definition) is 0. The van der Waals surface area contributed by atoms with E-state index in [0.717, 1.165) is 77.0 Å². The lowest BCUT2D eigenvalue weighted by atomic mass is 10.0. The van der Waals surface area contributed by atoms with Crippen LogP contribution in [0.2, 0.25) is 0 Å². The minimum absolute atomic E-state index is 0.0722. The number of allylic oxidation sites excluding steroid dienone is 4. The number of unbranched alkanes of at least 4 members (excludes halogenated alkanes) is 40. The average molecular weight is 944 g/mol. The first-order valence-corrected chi connectivity index (χ1v) is 29.8. The summed E-state index contributed by atoms with van der Waals surface area (Å²) in [6, 6.07) is 0. The third-order valence-electron chi connectivity index (χ3n) is 13.5. The lowest BCUT2D eigenvalue weighted by Gasteiger charge is -2.18. The summed E-state index contributed by atoms with van der Waals surface area (Å²) in [6.45, 7) is 6.62. The summed E-state index contributed by atoms with van der Waals surface area (Å²) >= 11 is 0. The first-order valence-electron chi connectivity index (χ1n) is 29.8. The second kappa shape index (κ2) is 56.5. The molecule has 0 N–H and O–H groups in total. The Balaban J connectivity index is 4.09. The maximum Gasteiger partial charge on any atom is 0.306 e. The summed E-state index contributed by atoms with van der Waals surface area (Å²) in [6.07, 6.45) is 66.3. The van der Waals surface area contributed by atoms with Crippen LogP contribution in [-0.2, 0) is 28.6 Å². The largest absolute Gasteiger partial charge is 0.462 e. The molecule has 0 fully saturated rings. The van der Waals surface area contributed by atoms with E-state index in [0.29, 0.717) is 19.3 Å². The summed E-state index contributed by atoms with van der Waals surface area (Å²) in [5.74, 6) is -0.872. The number of ether oxygens (including phenoxy) is 3. The molecule has 0 aromatic carbocycles. The SMILES string of the molecule is CCCCC/C=C\C/C=C\CCCCCCCC(=O)OC(COC(=O)CCCCCCCCCC)COC(=O)CCCCCCCCCCCCCCCCCCCCCCCCCCCC. The van der Waals surface area contributed by atoms with Gasteiger partial charge in [0.1, 0.15) is 13.2 Å². The van der Waals surface area contributed by atoms with Gasteiger partial charge in [-0.1, -0.05) is 283 Å². The fraction of sp³-hybridized carbons (Fsp3) is 0.885. The fourth-order valence-corrected chi connectivity index (χ4v) is 8.95. The van der Waals surface area contributed by atoms with Crippen LogP contribution in [0.3, 0.4) is 0 Å². The molecule has 1 atom stereocenters. The van der Waals surface area contributed by atoms with Crippen LogP contribution in [0.25, 0.3) is 0 Å². The quantitative estimate of drug-likeness (QED) is 0.0262. The molecule has 0 bridgehead atoms. The van der Waals surface area contributed by atoms with Gasteiger partial charge in [-0.2, -0.15) is 0 Å². The normalized spacial score (nSPS) is 12.1. The van der Waals surface area contributed by atoms with E-state index in [1.54, 1.807) is 0 Å². The second-order valence-electron chi connectivity index (χ2n) is 20.3. The number of hydrogen-bond acceptors (Lipinski definition) is 6. The van der Waals surface area contributed by atoms with Crippen molar-refractivity contribution in [2.24, 2.45) is 0 Å². The topological polar surface area (TPSA) is 78.9 Å². The Hall–Kier alpha value is -2.11. The molecule has 0 rings (SSSR count). The van der Waals surface area contributed by atoms with E-state index in [4.69, 9.17) is 14.2 Å². The zero-order valence-electron chi connectivity index (χ0n) is 45.2. The summed E-state index contributed by atoms with van der Waals surface area (Å²) < 4.78 is 16.8. The van der Waals surface area contributed by atoms with Gasteiger partial charge in [0.2, 0.25) is 0 Å². The zero-order valence-corrected chi connectivity index (χ0v) is 45.2. The molecule has 0 aliphatic rings. The van der Waals surface area contributed by atoms with Gasteiger partial charge in [0, 0.05) is 19.3 Å². The van der Waals surface area contributed by atoms with E-state index >= 15 is 0 Å². The first kappa shape index (κ1) is 64.9. The predicted octanol–water partition coefficient (Wildman–Crippen LogP) is 19.9. The number of carbonyl (C=O) groups excluding carboxylic acids is 3. The Morgan fingerprint density at radius 1 is 0.299 bits per heavy atom. The van der Waals surface area contributed by atoms with E-state index in [9.17, 15) is 14.4 Å². The van der Waals surface area contributed by atoms with E-state index < -0.39 is 6.10 Å². The van der Waals surface area contributed by atoms with Crippen molar-refractivity contribution in [3.63, 3.8) is 0 Å². The summed E-state index contributed by atoms with van der Waals surface area (Å²) in [5.41, 5.74) is 0. The molecule has 0 aromatic heterocycles. The van der Waals surface area contributed by atoms with Gasteiger partial charge < -0.3 is 14.2 Å². The van der Waals surface area contributed by atoms with Crippen molar-refractivity contribution in [2.45, 2.75) is 335 Å². The maximum atomic E-state index is 12.8. The molecular formula is C61H114O6. The van der Waals surface area contributed by atoms with Gasteiger partial charge in [-0.25, -0.2) is 0 Å². The maximum absolute atomic E-state index is 12.8. The Bertz CT molecular complexity index is 1080. The molecule has 0 radical (unpaired) electrons. The highest BCUT2D eigenvalue weighted by atomic mass is 16.6. The number of esters is 3. The summed E-state index contributed by atoms with van der Waals surface area (Å²) in [7, 11) is 0. The Labute approximate surface area is 417 Å². The molecule has 0 amide bonds. The van der Waals surface area contributed by atoms with Crippen molar-refractivity contribution in [1.82, 2.24) is 0 Å². The van der Waals surface area contributed by atoms with Crippen LogP contribution in [0.1, 0.15) is 329 Å². The third kappa shape index (κ3) is 54.7. The molecule has 0 spiro atoms. The van der Waals surface area contributed by atoms with Crippen LogP contribution < -0.4 is 0 Å². The van der Waals surface area contributed by atoms with Crippen molar-refractivity contribution in [1.29, 1.82) is 0 Å². The van der Waals surface area contributed by atoms with Gasteiger partial charge >= 0.3 is 17.9 Å². The molecule has 6 heteroatoms. The number of rotatable bonds is 55. The van der Waals surface area contributed by atoms with Crippen molar-refractivity contribution in [3.8, 4) is 0 Å². The minimum atomic E-state index is -0.772. The highest BCUT2D eigenvalue weighted by molar-refractivity contribution is 5.71. The standard InChI is InChI=1S/C61H114O6/c1-4-7-10-13-16-19-21-23-25-26-27-28-29-30-31-32-33-34-35-37-38-40-42-45-48-51-54-60(63)66-57-58(56-65-59(62)53-50-47-44-18-15-12-9-6-3)67-61(64)55-52-49-46-43-41-39-36-24-22-20-17-14-11-8-5-2/h17,20,24,36,58H,4-16,18-19,21-23,25-35,37-57H2,1-3H3/b20-17-,36-24-. The van der Waals surface area contributed by atoms with E-state index in [-0.39, 0.29) is 31.1 Å². The molecule has 0 heterocycles. The Morgan fingerprint density at radius 2 is 0.537 bits per heavy atom. The molecule has 0 saturated heterocycles. The molecule has 67 heavy (non-hydrogen) atoms. The van der Waals surface area contributed by atoms with Gasteiger partial charge in [0.25, 0.3) is 0 Å². The van der Waals surface area contributed by atoms with Gasteiger partial charge in [0.05, 0.1) is 0 Å². The molecule has 1 unspecified atom stereocenters. The highest BCUT2D eigenvalue weighted by Crippen LogP contribution is 2.17. The molecule has 0 saturated carbocycles. The van der Waals surface area contributed by atoms with E-state index in [2.05, 4.69) is 45.1 Å². The van der Waals surface area contributed by atoms with Crippen LogP contribution in [0.4, 0.5) is 0 Å². The molecule has 0 aliphatic carbocycles. The van der Waals surface area contributed by atoms with Gasteiger partial charge in [-0.3, -0.25) is 14.4 Å². The minimum Gasteiger partial charge on any atom is -0.462 e. The van der Waals surface area contributed by atoms with Gasteiger partial charge in [-0.15, -0.1) is 0 Å². The second-order valence-corrected chi connectivity index (χ2v) is 20.3. The number of carbonyl (C=O) groups is 3. The fourth-order valence-electron chi connectivity index (χ4n) is 8.95. The Morgan fingerprint density at radius 3 is 0.851 bits per heavy atom. The summed E-state index contributed by atoms with van der Waals surface area (Å²) in [4.78, 5) is 38.0. The molecule has 0 aliphatic heterocycles. The van der Waals surface area contributed by atoms with Crippen molar-refractivity contribution in [2.75, 3.05) is 13.2 Å². The van der Waals surface area contributed by atoms with Crippen LogP contribution in [0, 0.1) is 0 Å². The van der Waals surface area contributed by atoms with Crippen molar-refractivity contribution >= 4 is 17.9 Å². The first-order chi connectivity index (χ1) is 33.0. The third-order valence-corrected chi connectivity index (χ3v) is 13.5. The lowest BCUT2D eigenvalue weighted by molar-refractivity contribution is -0.167. The zero-order chi connectivity index (χ0) is 48.6. The van der Waals surface area contributed by atoms with Gasteiger partial charge in [-0.05, 0) is 51.4 Å². The molecule has 0 aromatic rings. The lowest BCUT2D eigenvalue weighted by Crippen LogP contribution is -2.30. The van der Waals surface area contributed by atoms with Crippen LogP contribution in [0.5, 0.6) is 0 Å². The highest BCUT2D eigenvalue weighted by Gasteiger charge is 2.19.